The first-order valence-corrected chi connectivity index (χ1v) is 12.4. The Morgan fingerprint density at radius 2 is 2.00 bits per heavy atom. The molecule has 0 radical (unpaired) electrons. The van der Waals surface area contributed by atoms with Crippen molar-refractivity contribution in [2.75, 3.05) is 7.11 Å². The van der Waals surface area contributed by atoms with Crippen molar-refractivity contribution in [1.82, 2.24) is 25.1 Å². The van der Waals surface area contributed by atoms with Gasteiger partial charge in [0.1, 0.15) is 5.75 Å². The zero-order valence-corrected chi connectivity index (χ0v) is 20.2. The highest BCUT2D eigenvalue weighted by atomic mass is 32.2. The van der Waals surface area contributed by atoms with Gasteiger partial charge in [0.2, 0.25) is 5.91 Å². The van der Waals surface area contributed by atoms with E-state index in [0.717, 1.165) is 34.3 Å². The Labute approximate surface area is 199 Å². The van der Waals surface area contributed by atoms with Crippen molar-refractivity contribution in [1.29, 1.82) is 0 Å². The van der Waals surface area contributed by atoms with E-state index in [4.69, 9.17) is 4.74 Å². The first-order chi connectivity index (χ1) is 16.1. The number of hydrogen-bond acceptors (Lipinski definition) is 6. The molecule has 1 saturated carbocycles. The molecule has 0 bridgehead atoms. The lowest BCUT2D eigenvalue weighted by Crippen LogP contribution is -2.31. The van der Waals surface area contributed by atoms with Crippen LogP contribution >= 0.6 is 11.8 Å². The molecule has 0 unspecified atom stereocenters. The third-order valence-corrected chi connectivity index (χ3v) is 7.32. The molecule has 0 saturated heterocycles. The summed E-state index contributed by atoms with van der Waals surface area (Å²) in [5, 5.41) is 12.6. The van der Waals surface area contributed by atoms with Crippen LogP contribution < -0.4 is 10.1 Å². The van der Waals surface area contributed by atoms with E-state index in [0.29, 0.717) is 18.5 Å². The maximum absolute atomic E-state index is 12.8. The summed E-state index contributed by atoms with van der Waals surface area (Å²) in [6.45, 7) is 4.69. The number of carbonyl (C=O) groups is 1. The standard InChI is InChI=1S/C25H31N5O2S/c1-17-7-4-5-9-22(17)30-23(20-8-6-14-26-16-20)28-29-25(30)33-18(2)24(31)27-15-19-10-12-21(32-3)13-11-19/h6,8,10-14,16-18,22H,4-5,7,9,15H2,1-3H3,(H,27,31)/t17-,18+,22-/m0/s1. The van der Waals surface area contributed by atoms with Gasteiger partial charge in [-0.3, -0.25) is 14.3 Å². The lowest BCUT2D eigenvalue weighted by Gasteiger charge is -2.31. The number of benzene rings is 1. The Balaban J connectivity index is 1.50. The minimum Gasteiger partial charge on any atom is -0.497 e. The molecule has 1 N–H and O–H groups in total. The zero-order chi connectivity index (χ0) is 23.2. The number of nitrogens with one attached hydrogen (secondary N) is 1. The normalized spacial score (nSPS) is 19.1. The number of pyridine rings is 1. The molecule has 1 amide bonds. The molecular weight excluding hydrogens is 434 g/mol. The van der Waals surface area contributed by atoms with Crippen LogP contribution in [-0.2, 0) is 11.3 Å². The fourth-order valence-electron chi connectivity index (χ4n) is 4.32. The van der Waals surface area contributed by atoms with Gasteiger partial charge in [0.05, 0.1) is 12.4 Å². The topological polar surface area (TPSA) is 81.9 Å². The minimum atomic E-state index is -0.299. The molecule has 1 aromatic carbocycles. The van der Waals surface area contributed by atoms with Gasteiger partial charge in [0.15, 0.2) is 11.0 Å². The number of rotatable bonds is 8. The quantitative estimate of drug-likeness (QED) is 0.477. The largest absolute Gasteiger partial charge is 0.497 e. The van der Waals surface area contributed by atoms with Crippen LogP contribution in [0.3, 0.4) is 0 Å². The monoisotopic (exact) mass is 465 g/mol. The Kier molecular flexibility index (Phi) is 7.65. The van der Waals surface area contributed by atoms with E-state index < -0.39 is 0 Å². The molecular formula is C25H31N5O2S. The predicted octanol–water partition coefficient (Wildman–Crippen LogP) is 4.90. The van der Waals surface area contributed by atoms with Gasteiger partial charge in [-0.2, -0.15) is 0 Å². The lowest BCUT2D eigenvalue weighted by molar-refractivity contribution is -0.120. The van der Waals surface area contributed by atoms with E-state index in [2.05, 4.69) is 32.0 Å². The van der Waals surface area contributed by atoms with Gasteiger partial charge in [-0.1, -0.05) is 43.7 Å². The predicted molar refractivity (Wildman–Crippen MR) is 130 cm³/mol. The molecule has 3 aromatic rings. The van der Waals surface area contributed by atoms with Gasteiger partial charge in [-0.25, -0.2) is 0 Å². The van der Waals surface area contributed by atoms with Crippen molar-refractivity contribution < 1.29 is 9.53 Å². The molecule has 0 aliphatic heterocycles. The molecule has 0 spiro atoms. The Bertz CT molecular complexity index is 1050. The first-order valence-electron chi connectivity index (χ1n) is 11.5. The second kappa shape index (κ2) is 10.8. The van der Waals surface area contributed by atoms with Crippen LogP contribution in [0.1, 0.15) is 51.1 Å². The third-order valence-electron chi connectivity index (χ3n) is 6.26. The number of amides is 1. The van der Waals surface area contributed by atoms with Crippen molar-refractivity contribution >= 4 is 17.7 Å². The minimum absolute atomic E-state index is 0.0232. The average Bonchev–Trinajstić information content (AvgIpc) is 3.26. The summed E-state index contributed by atoms with van der Waals surface area (Å²) in [6, 6.07) is 12.0. The van der Waals surface area contributed by atoms with E-state index in [9.17, 15) is 4.79 Å². The van der Waals surface area contributed by atoms with Crippen molar-refractivity contribution in [2.24, 2.45) is 5.92 Å². The summed E-state index contributed by atoms with van der Waals surface area (Å²) in [4.78, 5) is 17.1. The maximum atomic E-state index is 12.8. The summed E-state index contributed by atoms with van der Waals surface area (Å²) in [7, 11) is 1.64. The molecule has 2 aromatic heterocycles. The van der Waals surface area contributed by atoms with Crippen molar-refractivity contribution in [3.63, 3.8) is 0 Å². The Hall–Kier alpha value is -2.87. The van der Waals surface area contributed by atoms with Gasteiger partial charge in [0.25, 0.3) is 0 Å². The van der Waals surface area contributed by atoms with E-state index >= 15 is 0 Å². The van der Waals surface area contributed by atoms with Gasteiger partial charge in [-0.05, 0) is 55.5 Å². The van der Waals surface area contributed by atoms with Gasteiger partial charge < -0.3 is 10.1 Å². The van der Waals surface area contributed by atoms with Crippen LogP contribution in [0.2, 0.25) is 0 Å². The number of methoxy groups -OCH3 is 1. The molecule has 2 heterocycles. The van der Waals surface area contributed by atoms with Crippen molar-refractivity contribution in [2.45, 2.75) is 62.5 Å². The summed E-state index contributed by atoms with van der Waals surface area (Å²) in [5.74, 6) is 2.14. The fraction of sp³-hybridized carbons (Fsp3) is 0.440. The molecule has 174 valence electrons. The van der Waals surface area contributed by atoms with Crippen LogP contribution in [0.4, 0.5) is 0 Å². The zero-order valence-electron chi connectivity index (χ0n) is 19.4. The van der Waals surface area contributed by atoms with Gasteiger partial charge in [0, 0.05) is 30.5 Å². The maximum Gasteiger partial charge on any atom is 0.233 e. The molecule has 4 rings (SSSR count). The SMILES string of the molecule is COc1ccc(CNC(=O)[C@@H](C)Sc2nnc(-c3cccnc3)n2[C@H]2CCCC[C@@H]2C)cc1. The van der Waals surface area contributed by atoms with E-state index in [1.165, 1.54) is 31.0 Å². The Morgan fingerprint density at radius 3 is 2.70 bits per heavy atom. The molecule has 33 heavy (non-hydrogen) atoms. The second-order valence-electron chi connectivity index (χ2n) is 8.57. The van der Waals surface area contributed by atoms with E-state index in [1.54, 1.807) is 13.3 Å². The summed E-state index contributed by atoms with van der Waals surface area (Å²) >= 11 is 1.47. The second-order valence-corrected chi connectivity index (χ2v) is 9.88. The number of hydrogen-bond donors (Lipinski definition) is 1. The van der Waals surface area contributed by atoms with Crippen molar-refractivity contribution in [3.05, 3.63) is 54.4 Å². The highest BCUT2D eigenvalue weighted by Crippen LogP contribution is 2.39. The van der Waals surface area contributed by atoms with Gasteiger partial charge >= 0.3 is 0 Å². The molecule has 3 atom stereocenters. The number of ether oxygens (including phenoxy) is 1. The molecule has 7 nitrogen and oxygen atoms in total. The summed E-state index contributed by atoms with van der Waals surface area (Å²) in [5.41, 5.74) is 1.98. The van der Waals surface area contributed by atoms with Crippen LogP contribution in [0, 0.1) is 5.92 Å². The van der Waals surface area contributed by atoms with Crippen LogP contribution in [0.5, 0.6) is 5.75 Å². The average molecular weight is 466 g/mol. The van der Waals surface area contributed by atoms with Crippen LogP contribution in [0.15, 0.2) is 53.9 Å². The molecule has 1 aliphatic carbocycles. The number of carbonyl (C=O) groups excluding carboxylic acids is 1. The molecule has 1 fully saturated rings. The highest BCUT2D eigenvalue weighted by molar-refractivity contribution is 8.00. The Morgan fingerprint density at radius 1 is 1.21 bits per heavy atom. The third kappa shape index (κ3) is 5.55. The summed E-state index contributed by atoms with van der Waals surface area (Å²) in [6.07, 6.45) is 8.33. The smallest absolute Gasteiger partial charge is 0.233 e. The van der Waals surface area contributed by atoms with Gasteiger partial charge in [-0.15, -0.1) is 10.2 Å². The number of aromatic nitrogens is 4. The highest BCUT2D eigenvalue weighted by Gasteiger charge is 2.30. The van der Waals surface area contributed by atoms with E-state index in [-0.39, 0.29) is 11.2 Å². The molecule has 8 heteroatoms. The van der Waals surface area contributed by atoms with Crippen LogP contribution in [0.25, 0.3) is 11.4 Å². The first kappa shape index (κ1) is 23.3. The molecule has 1 aliphatic rings. The van der Waals surface area contributed by atoms with Crippen molar-refractivity contribution in [3.8, 4) is 17.1 Å². The summed E-state index contributed by atoms with van der Waals surface area (Å²) < 4.78 is 7.44. The lowest BCUT2D eigenvalue weighted by atomic mass is 9.85. The fourth-order valence-corrected chi connectivity index (χ4v) is 5.25. The van der Waals surface area contributed by atoms with Crippen LogP contribution in [-0.4, -0.2) is 38.0 Å². The number of nitrogens with zero attached hydrogens (tertiary/aromatic N) is 4. The number of thioether (sulfide) groups is 1. The van der Waals surface area contributed by atoms with E-state index in [1.807, 2.05) is 49.5 Å².